The van der Waals surface area contributed by atoms with Gasteiger partial charge in [0.25, 0.3) is 0 Å². The van der Waals surface area contributed by atoms with Gasteiger partial charge in [-0.15, -0.1) is 0 Å². The van der Waals surface area contributed by atoms with Crippen LogP contribution < -0.4 is 4.90 Å². The summed E-state index contributed by atoms with van der Waals surface area (Å²) < 4.78 is 88.4. The van der Waals surface area contributed by atoms with Gasteiger partial charge in [-0.05, 0) is 90.5 Å². The number of nitrogens with zero attached hydrogens (tertiary/aromatic N) is 1. The number of anilines is 1. The Labute approximate surface area is 285 Å². The third kappa shape index (κ3) is 7.11. The van der Waals surface area contributed by atoms with Crippen LogP contribution in [0.1, 0.15) is 61.3 Å². The van der Waals surface area contributed by atoms with Gasteiger partial charge in [0.15, 0.2) is 0 Å². The molecule has 2 amide bonds. The van der Waals surface area contributed by atoms with Crippen LogP contribution in [0.3, 0.4) is 0 Å². The van der Waals surface area contributed by atoms with Gasteiger partial charge in [0.2, 0.25) is 11.8 Å². The van der Waals surface area contributed by atoms with Gasteiger partial charge in [-0.3, -0.25) is 9.59 Å². The van der Waals surface area contributed by atoms with Crippen molar-refractivity contribution in [3.05, 3.63) is 106 Å². The molecule has 1 aliphatic carbocycles. The number of allylic oxidation sites excluding steroid dienone is 2. The number of carbonyl (C=O) groups excluding carboxylic acids is 2. The summed E-state index contributed by atoms with van der Waals surface area (Å²) in [6.45, 7) is 1.93. The lowest BCUT2D eigenvalue weighted by molar-refractivity contribution is -0.143. The molecule has 262 valence electrons. The summed E-state index contributed by atoms with van der Waals surface area (Å²) in [5, 5.41) is 21.0. The molecule has 6 nitrogen and oxygen atoms in total. The van der Waals surface area contributed by atoms with E-state index in [4.69, 9.17) is 4.65 Å². The van der Waals surface area contributed by atoms with Crippen molar-refractivity contribution < 1.29 is 50.7 Å². The summed E-state index contributed by atoms with van der Waals surface area (Å²) in [7, 11) is -1.33. The number of benzene rings is 3. The summed E-state index contributed by atoms with van der Waals surface area (Å²) in [4.78, 5) is 28.4. The maximum atomic E-state index is 14.1. The Morgan fingerprint density at radius 2 is 1.60 bits per heavy atom. The molecule has 13 heteroatoms. The lowest BCUT2D eigenvalue weighted by Gasteiger charge is -2.43. The van der Waals surface area contributed by atoms with Gasteiger partial charge in [-0.2, -0.15) is 26.3 Å². The predicted octanol–water partition coefficient (Wildman–Crippen LogP) is 8.55. The Bertz CT molecular complexity index is 1810. The van der Waals surface area contributed by atoms with Crippen molar-refractivity contribution in [2.45, 2.75) is 63.8 Å². The first kappa shape index (κ1) is 35.5. The first-order valence-corrected chi connectivity index (χ1v) is 16.4. The molecule has 2 saturated heterocycles. The van der Waals surface area contributed by atoms with E-state index in [9.17, 15) is 46.1 Å². The molecule has 0 spiro atoms. The standard InChI is InChI=1S/C37H34BF6NO5/c1-2-7-24-16-29-33(35(48)45(34(29)47)27-18-25(36(39,40)41)17-26(19-27)37(42,43)44)30-20-38(49)50-31(32(24)30)13-12-23(22-9-4-3-5-10-22)14-21-8-6-11-28(46)15-21/h3-6,8-11,14-15,17-19,29-31,33,46,49H,2,7,12-13,16,20H2,1H3/b23-14-/t29-,30+,31-,33-/m1/s1. The Morgan fingerprint density at radius 1 is 0.920 bits per heavy atom. The zero-order valence-corrected chi connectivity index (χ0v) is 27.0. The zero-order chi connectivity index (χ0) is 36.0. The average molecular weight is 697 g/mol. The SMILES string of the molecule is CCCC1=C2[C@@H](CC/C(=C/c3cccc(O)c3)c3ccccc3)OB(O)C[C@@H]2[C@@H]2C(=O)N(c3cc(C(F)(F)F)cc(C(F)(F)F)c3)C(=O)[C@@H]2C1. The topological polar surface area (TPSA) is 87.1 Å². The van der Waals surface area contributed by atoms with Crippen molar-refractivity contribution in [1.82, 2.24) is 0 Å². The van der Waals surface area contributed by atoms with E-state index in [-0.39, 0.29) is 24.6 Å². The number of aromatic hydroxyl groups is 1. The zero-order valence-electron chi connectivity index (χ0n) is 27.0. The average Bonchev–Trinajstić information content (AvgIpc) is 3.31. The second-order valence-corrected chi connectivity index (χ2v) is 13.0. The molecule has 0 unspecified atom stereocenters. The van der Waals surface area contributed by atoms with Crippen LogP contribution in [0, 0.1) is 17.8 Å². The van der Waals surface area contributed by atoms with Gasteiger partial charge in [0.05, 0.1) is 34.8 Å². The molecule has 0 bridgehead atoms. The number of amides is 2. The van der Waals surface area contributed by atoms with Crippen molar-refractivity contribution >= 4 is 36.3 Å². The number of alkyl halides is 6. The second-order valence-electron chi connectivity index (χ2n) is 13.0. The van der Waals surface area contributed by atoms with Crippen LogP contribution in [0.2, 0.25) is 6.32 Å². The fourth-order valence-corrected chi connectivity index (χ4v) is 7.68. The number of phenolic OH excluding ortho intramolecular Hbond substituents is 1. The third-order valence-electron chi connectivity index (χ3n) is 9.72. The molecule has 3 aromatic rings. The molecule has 2 aliphatic heterocycles. The summed E-state index contributed by atoms with van der Waals surface area (Å²) >= 11 is 0. The van der Waals surface area contributed by atoms with E-state index in [0.717, 1.165) is 27.8 Å². The lowest BCUT2D eigenvalue weighted by Crippen LogP contribution is -2.46. The van der Waals surface area contributed by atoms with E-state index < -0.39 is 72.0 Å². The van der Waals surface area contributed by atoms with Gasteiger partial charge in [0.1, 0.15) is 5.75 Å². The largest absolute Gasteiger partial charge is 0.508 e. The predicted molar refractivity (Wildman–Crippen MR) is 175 cm³/mol. The minimum atomic E-state index is -5.16. The van der Waals surface area contributed by atoms with Crippen LogP contribution in [0.5, 0.6) is 5.75 Å². The van der Waals surface area contributed by atoms with Crippen LogP contribution in [0.15, 0.2) is 83.9 Å². The van der Waals surface area contributed by atoms with E-state index in [2.05, 4.69) is 0 Å². The Morgan fingerprint density at radius 3 is 2.22 bits per heavy atom. The van der Waals surface area contributed by atoms with Crippen LogP contribution in [-0.2, 0) is 26.6 Å². The molecule has 0 saturated carbocycles. The summed E-state index contributed by atoms with van der Waals surface area (Å²) in [6, 6.07) is 17.1. The highest BCUT2D eigenvalue weighted by molar-refractivity contribution is 6.43. The van der Waals surface area contributed by atoms with Gasteiger partial charge < -0.3 is 14.8 Å². The second kappa shape index (κ2) is 13.7. The van der Waals surface area contributed by atoms with Crippen molar-refractivity contribution in [2.75, 3.05) is 4.90 Å². The highest BCUT2D eigenvalue weighted by Crippen LogP contribution is 2.53. The Balaban J connectivity index is 1.35. The number of hydrogen-bond acceptors (Lipinski definition) is 5. The Kier molecular flexibility index (Phi) is 9.75. The monoisotopic (exact) mass is 697 g/mol. The maximum Gasteiger partial charge on any atom is 0.455 e. The summed E-state index contributed by atoms with van der Waals surface area (Å²) in [6.07, 6.45) is -7.03. The molecule has 2 fully saturated rings. The van der Waals surface area contributed by atoms with Crippen LogP contribution in [0.25, 0.3) is 11.6 Å². The van der Waals surface area contributed by atoms with Crippen molar-refractivity contribution in [1.29, 1.82) is 0 Å². The van der Waals surface area contributed by atoms with Crippen molar-refractivity contribution in [2.24, 2.45) is 17.8 Å². The van der Waals surface area contributed by atoms with Gasteiger partial charge in [-0.1, -0.05) is 67.5 Å². The lowest BCUT2D eigenvalue weighted by atomic mass is 9.58. The van der Waals surface area contributed by atoms with Crippen molar-refractivity contribution in [3.63, 3.8) is 0 Å². The molecular formula is C37H34BF6NO5. The van der Waals surface area contributed by atoms with Crippen LogP contribution in [0.4, 0.5) is 32.0 Å². The molecular weight excluding hydrogens is 663 g/mol. The number of imide groups is 1. The number of phenols is 1. The fourth-order valence-electron chi connectivity index (χ4n) is 7.68. The van der Waals surface area contributed by atoms with Crippen LogP contribution in [-0.4, -0.2) is 35.2 Å². The van der Waals surface area contributed by atoms with Crippen LogP contribution >= 0.6 is 0 Å². The normalized spacial score (nSPS) is 23.0. The number of rotatable bonds is 8. The number of halogens is 6. The fraction of sp³-hybridized carbons (Fsp3) is 0.351. The quantitative estimate of drug-likeness (QED) is 0.0811. The Hall–Kier alpha value is -4.36. The van der Waals surface area contributed by atoms with Gasteiger partial charge >= 0.3 is 19.5 Å². The summed E-state index contributed by atoms with van der Waals surface area (Å²) in [5.74, 6) is -4.49. The number of fused-ring (bicyclic) bond motifs is 3. The first-order valence-electron chi connectivity index (χ1n) is 16.4. The van der Waals surface area contributed by atoms with Gasteiger partial charge in [0, 0.05) is 0 Å². The molecule has 0 aromatic heterocycles. The smallest absolute Gasteiger partial charge is 0.455 e. The molecule has 0 radical (unpaired) electrons. The molecule has 3 aromatic carbocycles. The van der Waals surface area contributed by atoms with E-state index in [0.29, 0.717) is 42.7 Å². The maximum absolute atomic E-state index is 14.1. The van der Waals surface area contributed by atoms with Gasteiger partial charge in [-0.25, -0.2) is 4.90 Å². The third-order valence-corrected chi connectivity index (χ3v) is 9.72. The number of hydrogen-bond donors (Lipinski definition) is 2. The molecule has 2 N–H and O–H groups in total. The highest BCUT2D eigenvalue weighted by Gasteiger charge is 2.58. The molecule has 4 atom stereocenters. The van der Waals surface area contributed by atoms with E-state index in [1.54, 1.807) is 18.2 Å². The van der Waals surface area contributed by atoms with E-state index >= 15 is 0 Å². The first-order chi connectivity index (χ1) is 23.7. The summed E-state index contributed by atoms with van der Waals surface area (Å²) in [5.41, 5.74) is 0.145. The van der Waals surface area contributed by atoms with Crippen molar-refractivity contribution in [3.8, 4) is 5.75 Å². The minimum Gasteiger partial charge on any atom is -0.508 e. The molecule has 3 aliphatic rings. The van der Waals surface area contributed by atoms with E-state index in [1.165, 1.54) is 0 Å². The molecule has 50 heavy (non-hydrogen) atoms. The minimum absolute atomic E-state index is 0.0430. The number of carbonyl (C=O) groups is 2. The molecule has 6 rings (SSSR count). The highest BCUT2D eigenvalue weighted by atomic mass is 19.4. The molecule has 2 heterocycles. The van der Waals surface area contributed by atoms with E-state index in [1.807, 2.05) is 49.4 Å².